The molecule has 2 atom stereocenters. The molecule has 2 nitrogen and oxygen atoms in total. The van der Waals surface area contributed by atoms with E-state index in [1.807, 2.05) is 0 Å². The Morgan fingerprint density at radius 2 is 1.50 bits per heavy atom. The summed E-state index contributed by atoms with van der Waals surface area (Å²) in [4.78, 5) is 0. The van der Waals surface area contributed by atoms with Crippen LogP contribution in [0, 0.1) is 5.92 Å². The molecule has 1 aromatic rings. The molecule has 1 aliphatic carbocycles. The lowest BCUT2D eigenvalue weighted by atomic mass is 9.78. The first-order valence-electron chi connectivity index (χ1n) is 9.13. The van der Waals surface area contributed by atoms with Crippen molar-refractivity contribution in [3.8, 4) is 0 Å². The van der Waals surface area contributed by atoms with Gasteiger partial charge in [-0.15, -0.1) is 0 Å². The van der Waals surface area contributed by atoms with E-state index in [-0.39, 0.29) is 12.2 Å². The molecule has 0 N–H and O–H groups in total. The van der Waals surface area contributed by atoms with Crippen LogP contribution >= 0.6 is 0 Å². The average molecular weight is 302 g/mol. The van der Waals surface area contributed by atoms with Crippen molar-refractivity contribution in [2.75, 3.05) is 13.2 Å². The van der Waals surface area contributed by atoms with Crippen molar-refractivity contribution in [2.45, 2.75) is 70.5 Å². The van der Waals surface area contributed by atoms with Crippen molar-refractivity contribution in [2.24, 2.45) is 5.92 Å². The summed E-state index contributed by atoms with van der Waals surface area (Å²) >= 11 is 0. The minimum atomic E-state index is 0.118. The summed E-state index contributed by atoms with van der Waals surface area (Å²) in [7, 11) is 0. The van der Waals surface area contributed by atoms with Gasteiger partial charge in [-0.05, 0) is 55.1 Å². The molecule has 0 amide bonds. The Balaban J connectivity index is 1.57. The van der Waals surface area contributed by atoms with Gasteiger partial charge in [-0.1, -0.05) is 44.5 Å². The Kier molecular flexibility index (Phi) is 5.54. The molecule has 1 saturated carbocycles. The summed E-state index contributed by atoms with van der Waals surface area (Å²) in [5, 5.41) is 0. The number of hydrogen-bond donors (Lipinski definition) is 0. The lowest BCUT2D eigenvalue weighted by Crippen LogP contribution is -2.30. The van der Waals surface area contributed by atoms with Crippen molar-refractivity contribution in [3.63, 3.8) is 0 Å². The van der Waals surface area contributed by atoms with Crippen LogP contribution in [-0.4, -0.2) is 19.3 Å². The summed E-state index contributed by atoms with van der Waals surface area (Å²) in [6, 6.07) is 9.15. The average Bonchev–Trinajstić information content (AvgIpc) is 2.62. The Morgan fingerprint density at radius 3 is 2.05 bits per heavy atom. The third-order valence-electron chi connectivity index (χ3n) is 5.63. The van der Waals surface area contributed by atoms with Crippen LogP contribution in [0.3, 0.4) is 0 Å². The molecular formula is C20H30O2. The standard InChI is InChI=1S/C20H30O2/c1-3-15-5-7-16(8-6-15)17-9-11-18(12-10-17)20-14-21-19(4-2)13-22-20/h9-12,15-16,19-20H,3-8,13-14H2,1-2H3/t15-,16-,19-,20-/m0/s1. The maximum absolute atomic E-state index is 5.96. The van der Waals surface area contributed by atoms with Crippen LogP contribution in [0.1, 0.15) is 75.5 Å². The van der Waals surface area contributed by atoms with Gasteiger partial charge in [0, 0.05) is 0 Å². The molecule has 0 spiro atoms. The molecule has 0 aromatic heterocycles. The fraction of sp³-hybridized carbons (Fsp3) is 0.700. The maximum atomic E-state index is 5.96. The number of hydrogen-bond acceptors (Lipinski definition) is 2. The quantitative estimate of drug-likeness (QED) is 0.757. The van der Waals surface area contributed by atoms with E-state index in [1.165, 1.54) is 43.2 Å². The van der Waals surface area contributed by atoms with Crippen LogP contribution in [-0.2, 0) is 9.47 Å². The van der Waals surface area contributed by atoms with Crippen LogP contribution in [0.15, 0.2) is 24.3 Å². The zero-order valence-electron chi connectivity index (χ0n) is 14.1. The molecule has 1 aliphatic heterocycles. The van der Waals surface area contributed by atoms with Gasteiger partial charge in [-0.3, -0.25) is 0 Å². The Morgan fingerprint density at radius 1 is 0.818 bits per heavy atom. The summed E-state index contributed by atoms with van der Waals surface area (Å²) in [6.45, 7) is 5.90. The third-order valence-corrected chi connectivity index (χ3v) is 5.63. The van der Waals surface area contributed by atoms with Crippen molar-refractivity contribution >= 4 is 0 Å². The van der Waals surface area contributed by atoms with Gasteiger partial charge in [0.15, 0.2) is 0 Å². The van der Waals surface area contributed by atoms with Gasteiger partial charge in [-0.2, -0.15) is 0 Å². The third kappa shape index (κ3) is 3.72. The first-order chi connectivity index (χ1) is 10.8. The number of benzene rings is 1. The second-order valence-electron chi connectivity index (χ2n) is 6.98. The molecule has 0 bridgehead atoms. The fourth-order valence-corrected chi connectivity index (χ4v) is 3.86. The highest BCUT2D eigenvalue weighted by Crippen LogP contribution is 2.37. The predicted octanol–water partition coefficient (Wildman–Crippen LogP) is 5.24. The van der Waals surface area contributed by atoms with E-state index in [0.29, 0.717) is 6.61 Å². The van der Waals surface area contributed by atoms with Gasteiger partial charge < -0.3 is 9.47 Å². The molecule has 1 saturated heterocycles. The predicted molar refractivity (Wildman–Crippen MR) is 90.2 cm³/mol. The first-order valence-corrected chi connectivity index (χ1v) is 9.13. The molecule has 0 radical (unpaired) electrons. The lowest BCUT2D eigenvalue weighted by molar-refractivity contribution is -0.135. The molecule has 2 fully saturated rings. The second kappa shape index (κ2) is 7.61. The number of ether oxygens (including phenoxy) is 2. The summed E-state index contributed by atoms with van der Waals surface area (Å²) in [5.74, 6) is 1.74. The van der Waals surface area contributed by atoms with E-state index >= 15 is 0 Å². The lowest BCUT2D eigenvalue weighted by Gasteiger charge is -2.30. The molecule has 2 heteroatoms. The van der Waals surface area contributed by atoms with Gasteiger partial charge in [0.2, 0.25) is 0 Å². The van der Waals surface area contributed by atoms with Crippen LogP contribution in [0.4, 0.5) is 0 Å². The van der Waals surface area contributed by atoms with Gasteiger partial charge in [-0.25, -0.2) is 0 Å². The monoisotopic (exact) mass is 302 g/mol. The van der Waals surface area contributed by atoms with Gasteiger partial charge in [0.1, 0.15) is 6.10 Å². The van der Waals surface area contributed by atoms with Gasteiger partial charge in [0.25, 0.3) is 0 Å². The summed E-state index contributed by atoms with van der Waals surface area (Å²) < 4.78 is 11.8. The summed E-state index contributed by atoms with van der Waals surface area (Å²) in [6.07, 6.45) is 8.31. The Bertz CT molecular complexity index is 394. The Hall–Kier alpha value is -0.860. The highest BCUT2D eigenvalue weighted by molar-refractivity contribution is 5.27. The minimum absolute atomic E-state index is 0.118. The normalized spacial score (nSPS) is 32.8. The molecule has 1 heterocycles. The van der Waals surface area contributed by atoms with Crippen LogP contribution < -0.4 is 0 Å². The fourth-order valence-electron chi connectivity index (χ4n) is 3.86. The maximum Gasteiger partial charge on any atom is 0.106 e. The highest BCUT2D eigenvalue weighted by atomic mass is 16.6. The van der Waals surface area contributed by atoms with E-state index in [1.54, 1.807) is 0 Å². The molecule has 0 unspecified atom stereocenters. The number of rotatable bonds is 4. The second-order valence-corrected chi connectivity index (χ2v) is 6.98. The SMILES string of the molecule is CC[C@H]1CO[C@H](c2ccc([C@H]3CC[C@H](CC)CC3)cc2)CO1. The molecule has 2 aliphatic rings. The smallest absolute Gasteiger partial charge is 0.106 e. The van der Waals surface area contributed by atoms with Crippen molar-refractivity contribution in [1.82, 2.24) is 0 Å². The van der Waals surface area contributed by atoms with Crippen molar-refractivity contribution in [3.05, 3.63) is 35.4 Å². The van der Waals surface area contributed by atoms with Gasteiger partial charge >= 0.3 is 0 Å². The van der Waals surface area contributed by atoms with Crippen LogP contribution in [0.25, 0.3) is 0 Å². The van der Waals surface area contributed by atoms with Gasteiger partial charge in [0.05, 0.1) is 19.3 Å². The highest BCUT2D eigenvalue weighted by Gasteiger charge is 2.24. The minimum Gasteiger partial charge on any atom is -0.373 e. The zero-order chi connectivity index (χ0) is 15.4. The van der Waals surface area contributed by atoms with E-state index in [0.717, 1.165) is 24.9 Å². The van der Waals surface area contributed by atoms with Crippen LogP contribution in [0.2, 0.25) is 0 Å². The molecule has 1 aromatic carbocycles. The summed E-state index contributed by atoms with van der Waals surface area (Å²) in [5.41, 5.74) is 2.78. The molecule has 122 valence electrons. The van der Waals surface area contributed by atoms with E-state index in [4.69, 9.17) is 9.47 Å². The largest absolute Gasteiger partial charge is 0.373 e. The zero-order valence-corrected chi connectivity index (χ0v) is 14.1. The van der Waals surface area contributed by atoms with Crippen LogP contribution in [0.5, 0.6) is 0 Å². The van der Waals surface area contributed by atoms with E-state index < -0.39 is 0 Å². The van der Waals surface area contributed by atoms with Crippen molar-refractivity contribution < 1.29 is 9.47 Å². The molecule has 3 rings (SSSR count). The van der Waals surface area contributed by atoms with Crippen molar-refractivity contribution in [1.29, 1.82) is 0 Å². The van der Waals surface area contributed by atoms with E-state index in [2.05, 4.69) is 38.1 Å². The topological polar surface area (TPSA) is 18.5 Å². The Labute approximate surface area is 135 Å². The first kappa shape index (κ1) is 16.0. The van der Waals surface area contributed by atoms with E-state index in [9.17, 15) is 0 Å². The molecular weight excluding hydrogens is 272 g/mol. The molecule has 22 heavy (non-hydrogen) atoms.